The summed E-state index contributed by atoms with van der Waals surface area (Å²) in [4.78, 5) is 6.78. The van der Waals surface area contributed by atoms with Crippen molar-refractivity contribution in [3.63, 3.8) is 0 Å². The van der Waals surface area contributed by atoms with Crippen LogP contribution < -0.4 is 4.90 Å². The first-order valence-electron chi connectivity index (χ1n) is 8.11. The van der Waals surface area contributed by atoms with Crippen molar-refractivity contribution in [2.45, 2.75) is 13.3 Å². The third-order valence-electron chi connectivity index (χ3n) is 4.39. The molecule has 0 amide bonds. The summed E-state index contributed by atoms with van der Waals surface area (Å²) >= 11 is 0. The number of ether oxygens (including phenoxy) is 1. The maximum Gasteiger partial charge on any atom is 0.129 e. The van der Waals surface area contributed by atoms with Gasteiger partial charge in [0.2, 0.25) is 0 Å². The van der Waals surface area contributed by atoms with Crippen molar-refractivity contribution in [2.75, 3.05) is 31.2 Å². The van der Waals surface area contributed by atoms with Gasteiger partial charge in [-0.05, 0) is 36.2 Å². The summed E-state index contributed by atoms with van der Waals surface area (Å²) in [6.45, 7) is 5.47. The minimum Gasteiger partial charge on any atom is -0.378 e. The largest absolute Gasteiger partial charge is 0.378 e. The number of aryl methyl sites for hydroxylation is 1. The van der Waals surface area contributed by atoms with Crippen LogP contribution in [0.1, 0.15) is 12.5 Å². The van der Waals surface area contributed by atoms with Crippen LogP contribution in [0.5, 0.6) is 0 Å². The first-order valence-corrected chi connectivity index (χ1v) is 8.11. The molecule has 5 nitrogen and oxygen atoms in total. The molecule has 0 saturated carbocycles. The van der Waals surface area contributed by atoms with E-state index in [0.717, 1.165) is 55.3 Å². The molecule has 5 heteroatoms. The molecule has 0 unspecified atom stereocenters. The van der Waals surface area contributed by atoms with Crippen molar-refractivity contribution >= 4 is 16.7 Å². The zero-order valence-electron chi connectivity index (χ0n) is 13.2. The highest BCUT2D eigenvalue weighted by molar-refractivity contribution is 5.93. The number of hydrogen-bond donors (Lipinski definition) is 1. The zero-order valence-corrected chi connectivity index (χ0v) is 13.2. The maximum atomic E-state index is 5.42. The third kappa shape index (κ3) is 2.68. The van der Waals surface area contributed by atoms with Crippen LogP contribution in [0.15, 0.2) is 36.5 Å². The van der Waals surface area contributed by atoms with Crippen molar-refractivity contribution in [1.82, 2.24) is 15.2 Å². The zero-order chi connectivity index (χ0) is 15.6. The molecule has 1 aliphatic rings. The third-order valence-corrected chi connectivity index (χ3v) is 4.39. The summed E-state index contributed by atoms with van der Waals surface area (Å²) in [5.74, 6) is 0.994. The molecular weight excluding hydrogens is 288 g/mol. The molecule has 0 bridgehead atoms. The maximum absolute atomic E-state index is 5.42. The van der Waals surface area contributed by atoms with Crippen LogP contribution >= 0.6 is 0 Å². The summed E-state index contributed by atoms with van der Waals surface area (Å²) in [6, 6.07) is 10.6. The number of benzene rings is 1. The summed E-state index contributed by atoms with van der Waals surface area (Å²) in [5, 5.41) is 8.83. The van der Waals surface area contributed by atoms with Crippen LogP contribution in [-0.2, 0) is 11.2 Å². The van der Waals surface area contributed by atoms with Gasteiger partial charge in [-0.25, -0.2) is 4.98 Å². The first kappa shape index (κ1) is 14.2. The summed E-state index contributed by atoms with van der Waals surface area (Å²) in [6.07, 6.45) is 2.89. The minimum atomic E-state index is 0.761. The average molecular weight is 308 g/mol. The fourth-order valence-electron chi connectivity index (χ4n) is 3.03. The lowest BCUT2D eigenvalue weighted by Crippen LogP contribution is -2.36. The van der Waals surface area contributed by atoms with Gasteiger partial charge in [0.1, 0.15) is 11.5 Å². The van der Waals surface area contributed by atoms with E-state index in [4.69, 9.17) is 4.74 Å². The van der Waals surface area contributed by atoms with E-state index in [1.165, 1.54) is 10.9 Å². The first-order chi connectivity index (χ1) is 11.3. The Morgan fingerprint density at radius 2 is 2.04 bits per heavy atom. The van der Waals surface area contributed by atoms with E-state index in [0.29, 0.717) is 0 Å². The van der Waals surface area contributed by atoms with E-state index < -0.39 is 0 Å². The van der Waals surface area contributed by atoms with Gasteiger partial charge in [-0.15, -0.1) is 0 Å². The predicted octanol–water partition coefficient (Wildman–Crippen LogP) is 3.02. The monoisotopic (exact) mass is 308 g/mol. The number of rotatable bonds is 3. The lowest BCUT2D eigenvalue weighted by atomic mass is 10.1. The fourth-order valence-corrected chi connectivity index (χ4v) is 3.03. The predicted molar refractivity (Wildman–Crippen MR) is 91.7 cm³/mol. The SMILES string of the molecule is CCc1ccc2[nH]nc(-c3ccnc(N4CCOCC4)c3)c2c1. The van der Waals surface area contributed by atoms with Crippen LogP contribution in [0.3, 0.4) is 0 Å². The van der Waals surface area contributed by atoms with Gasteiger partial charge in [0, 0.05) is 30.2 Å². The molecule has 0 radical (unpaired) electrons. The van der Waals surface area contributed by atoms with Crippen molar-refractivity contribution in [2.24, 2.45) is 0 Å². The minimum absolute atomic E-state index is 0.761. The Morgan fingerprint density at radius 1 is 1.17 bits per heavy atom. The van der Waals surface area contributed by atoms with Crippen molar-refractivity contribution < 1.29 is 4.74 Å². The number of fused-ring (bicyclic) bond motifs is 1. The Hall–Kier alpha value is -2.40. The number of H-pyrrole nitrogens is 1. The number of morpholine rings is 1. The Morgan fingerprint density at radius 3 is 2.87 bits per heavy atom. The fraction of sp³-hybridized carbons (Fsp3) is 0.333. The van der Waals surface area contributed by atoms with Crippen molar-refractivity contribution in [3.8, 4) is 11.3 Å². The highest BCUT2D eigenvalue weighted by Gasteiger charge is 2.15. The molecule has 1 aromatic carbocycles. The molecule has 2 aromatic heterocycles. The molecular formula is C18H20N4O. The molecule has 1 N–H and O–H groups in total. The smallest absolute Gasteiger partial charge is 0.129 e. The van der Waals surface area contributed by atoms with Gasteiger partial charge >= 0.3 is 0 Å². The quantitative estimate of drug-likeness (QED) is 0.808. The van der Waals surface area contributed by atoms with E-state index in [1.807, 2.05) is 12.3 Å². The number of anilines is 1. The van der Waals surface area contributed by atoms with Crippen LogP contribution in [0.25, 0.3) is 22.2 Å². The van der Waals surface area contributed by atoms with Gasteiger partial charge in [-0.3, -0.25) is 5.10 Å². The lowest BCUT2D eigenvalue weighted by Gasteiger charge is -2.27. The second-order valence-electron chi connectivity index (χ2n) is 5.81. The van der Waals surface area contributed by atoms with Gasteiger partial charge in [-0.2, -0.15) is 5.10 Å². The second-order valence-corrected chi connectivity index (χ2v) is 5.81. The van der Waals surface area contributed by atoms with Crippen LogP contribution in [0.4, 0.5) is 5.82 Å². The number of hydrogen-bond acceptors (Lipinski definition) is 4. The van der Waals surface area contributed by atoms with E-state index in [9.17, 15) is 0 Å². The summed E-state index contributed by atoms with van der Waals surface area (Å²) in [7, 11) is 0. The molecule has 118 valence electrons. The molecule has 1 fully saturated rings. The van der Waals surface area contributed by atoms with E-state index >= 15 is 0 Å². The average Bonchev–Trinajstić information content (AvgIpc) is 3.05. The number of pyridine rings is 1. The molecule has 1 saturated heterocycles. The van der Waals surface area contributed by atoms with Crippen molar-refractivity contribution in [3.05, 3.63) is 42.1 Å². The number of aromatic nitrogens is 3. The van der Waals surface area contributed by atoms with E-state index in [2.05, 4.69) is 51.3 Å². The number of nitrogens with zero attached hydrogens (tertiary/aromatic N) is 3. The van der Waals surface area contributed by atoms with Gasteiger partial charge in [0.05, 0.1) is 18.7 Å². The molecule has 3 heterocycles. The van der Waals surface area contributed by atoms with Crippen molar-refractivity contribution in [1.29, 1.82) is 0 Å². The molecule has 4 rings (SSSR count). The standard InChI is InChI=1S/C18H20N4O/c1-2-13-3-4-16-15(11-13)18(21-20-16)14-5-6-19-17(12-14)22-7-9-23-10-8-22/h3-6,11-12H,2,7-10H2,1H3,(H,20,21). The van der Waals surface area contributed by atoms with Gasteiger partial charge in [-0.1, -0.05) is 13.0 Å². The highest BCUT2D eigenvalue weighted by atomic mass is 16.5. The summed E-state index contributed by atoms with van der Waals surface area (Å²) < 4.78 is 5.42. The Kier molecular flexibility index (Phi) is 3.71. The van der Waals surface area contributed by atoms with Gasteiger partial charge < -0.3 is 9.64 Å². The molecule has 3 aromatic rings. The number of nitrogens with one attached hydrogen (secondary N) is 1. The molecule has 1 aliphatic heterocycles. The molecule has 0 atom stereocenters. The molecule has 0 aliphatic carbocycles. The van der Waals surface area contributed by atoms with E-state index in [-0.39, 0.29) is 0 Å². The summed E-state index contributed by atoms with van der Waals surface area (Å²) in [5.41, 5.74) is 4.48. The van der Waals surface area contributed by atoms with Crippen LogP contribution in [0, 0.1) is 0 Å². The number of aromatic amines is 1. The Bertz CT molecular complexity index is 821. The Labute approximate surface area is 135 Å². The van der Waals surface area contributed by atoms with Crippen LogP contribution in [0.2, 0.25) is 0 Å². The molecule has 0 spiro atoms. The van der Waals surface area contributed by atoms with E-state index in [1.54, 1.807) is 0 Å². The second kappa shape index (κ2) is 6.01. The highest BCUT2D eigenvalue weighted by Crippen LogP contribution is 2.29. The Balaban J connectivity index is 1.75. The normalized spacial score (nSPS) is 15.3. The van der Waals surface area contributed by atoms with Crippen LogP contribution in [-0.4, -0.2) is 41.5 Å². The molecule has 23 heavy (non-hydrogen) atoms. The topological polar surface area (TPSA) is 54.0 Å². The van der Waals surface area contributed by atoms with Gasteiger partial charge in [0.15, 0.2) is 0 Å². The lowest BCUT2D eigenvalue weighted by molar-refractivity contribution is 0.122. The van der Waals surface area contributed by atoms with Gasteiger partial charge in [0.25, 0.3) is 0 Å².